The van der Waals surface area contributed by atoms with Gasteiger partial charge in [-0.25, -0.2) is 14.6 Å². The average Bonchev–Trinajstić information content (AvgIpc) is 3.09. The summed E-state index contributed by atoms with van der Waals surface area (Å²) in [5.74, 6) is 0.979. The topological polar surface area (TPSA) is 122 Å². The molecule has 2 aromatic heterocycles. The second-order valence-corrected chi connectivity index (χ2v) is 5.72. The number of benzene rings is 2. The highest BCUT2D eigenvalue weighted by Crippen LogP contribution is 2.33. The maximum Gasteiger partial charge on any atom is 0.269 e. The van der Waals surface area contributed by atoms with Crippen molar-refractivity contribution in [1.29, 1.82) is 0 Å². The van der Waals surface area contributed by atoms with Crippen molar-refractivity contribution in [2.75, 3.05) is 12.8 Å². The SMILES string of the molecule is COc1cccc(-c2nn(-c3ccc([N+](=O)[O-])cc3)c3ncnc(N)c23)c1. The van der Waals surface area contributed by atoms with Crippen LogP contribution in [0.1, 0.15) is 0 Å². The van der Waals surface area contributed by atoms with Crippen molar-refractivity contribution in [3.63, 3.8) is 0 Å². The summed E-state index contributed by atoms with van der Waals surface area (Å²) >= 11 is 0. The summed E-state index contributed by atoms with van der Waals surface area (Å²) in [6.07, 6.45) is 1.36. The van der Waals surface area contributed by atoms with E-state index in [0.717, 1.165) is 5.56 Å². The summed E-state index contributed by atoms with van der Waals surface area (Å²) in [4.78, 5) is 18.8. The lowest BCUT2D eigenvalue weighted by atomic mass is 10.1. The number of nitrogens with two attached hydrogens (primary N) is 1. The largest absolute Gasteiger partial charge is 0.497 e. The molecule has 134 valence electrons. The molecule has 9 heteroatoms. The van der Waals surface area contributed by atoms with Crippen LogP contribution in [0.4, 0.5) is 11.5 Å². The van der Waals surface area contributed by atoms with Crippen molar-refractivity contribution in [1.82, 2.24) is 19.7 Å². The number of nitrogen functional groups attached to an aromatic ring is 1. The molecule has 0 bridgehead atoms. The number of methoxy groups -OCH3 is 1. The number of hydrogen-bond donors (Lipinski definition) is 1. The number of rotatable bonds is 4. The van der Waals surface area contributed by atoms with Gasteiger partial charge in [0.1, 0.15) is 23.6 Å². The zero-order valence-corrected chi connectivity index (χ0v) is 14.2. The second kappa shape index (κ2) is 6.37. The first-order valence-corrected chi connectivity index (χ1v) is 7.97. The summed E-state index contributed by atoms with van der Waals surface area (Å²) < 4.78 is 6.87. The summed E-state index contributed by atoms with van der Waals surface area (Å²) in [5.41, 5.74) is 8.61. The van der Waals surface area contributed by atoms with Crippen LogP contribution in [0.15, 0.2) is 54.9 Å². The Labute approximate surface area is 153 Å². The summed E-state index contributed by atoms with van der Waals surface area (Å²) in [7, 11) is 1.59. The van der Waals surface area contributed by atoms with Gasteiger partial charge in [0.2, 0.25) is 0 Å². The highest BCUT2D eigenvalue weighted by Gasteiger charge is 2.18. The first-order valence-electron chi connectivity index (χ1n) is 7.97. The molecule has 0 atom stereocenters. The van der Waals surface area contributed by atoms with E-state index in [0.29, 0.717) is 34.0 Å². The Hall–Kier alpha value is -4.01. The van der Waals surface area contributed by atoms with Gasteiger partial charge in [0.05, 0.1) is 23.1 Å². The third kappa shape index (κ3) is 2.80. The molecule has 9 nitrogen and oxygen atoms in total. The molecule has 0 saturated carbocycles. The van der Waals surface area contributed by atoms with Gasteiger partial charge in [-0.15, -0.1) is 0 Å². The number of hydrogen-bond acceptors (Lipinski definition) is 7. The Balaban J connectivity index is 1.95. The summed E-state index contributed by atoms with van der Waals surface area (Å²) in [6.45, 7) is 0. The quantitative estimate of drug-likeness (QED) is 0.437. The summed E-state index contributed by atoms with van der Waals surface area (Å²) in [5, 5.41) is 16.1. The maximum absolute atomic E-state index is 10.9. The van der Waals surface area contributed by atoms with Crippen LogP contribution in [-0.4, -0.2) is 31.8 Å². The van der Waals surface area contributed by atoms with Crippen LogP contribution in [0.3, 0.4) is 0 Å². The number of nitro benzene ring substituents is 1. The standard InChI is InChI=1S/C18H14N6O3/c1-27-14-4-2-3-11(9-14)16-15-17(19)20-10-21-18(15)23(22-16)12-5-7-13(8-6-12)24(25)26/h2-10H,1H3,(H2,19,20,21). The van der Waals surface area contributed by atoms with Crippen molar-refractivity contribution in [3.05, 3.63) is 65.0 Å². The van der Waals surface area contributed by atoms with Crippen LogP contribution in [0.25, 0.3) is 28.0 Å². The van der Waals surface area contributed by atoms with Gasteiger partial charge in [-0.3, -0.25) is 10.1 Å². The summed E-state index contributed by atoms with van der Waals surface area (Å²) in [6, 6.07) is 13.5. The van der Waals surface area contributed by atoms with Crippen LogP contribution in [0, 0.1) is 10.1 Å². The molecule has 0 aliphatic heterocycles. The van der Waals surface area contributed by atoms with E-state index in [9.17, 15) is 10.1 Å². The van der Waals surface area contributed by atoms with E-state index < -0.39 is 4.92 Å². The molecule has 0 amide bonds. The second-order valence-electron chi connectivity index (χ2n) is 5.72. The molecule has 4 rings (SSSR count). The van der Waals surface area contributed by atoms with Crippen LogP contribution >= 0.6 is 0 Å². The Morgan fingerprint density at radius 1 is 1.15 bits per heavy atom. The molecule has 27 heavy (non-hydrogen) atoms. The molecule has 2 heterocycles. The van der Waals surface area contributed by atoms with Crippen LogP contribution in [0.2, 0.25) is 0 Å². The molecule has 0 aliphatic carbocycles. The predicted molar refractivity (Wildman–Crippen MR) is 99.7 cm³/mol. The van der Waals surface area contributed by atoms with Gasteiger partial charge in [-0.05, 0) is 24.3 Å². The zero-order valence-electron chi connectivity index (χ0n) is 14.2. The molecule has 0 aliphatic rings. The Kier molecular flexibility index (Phi) is 3.88. The van der Waals surface area contributed by atoms with Gasteiger partial charge in [-0.1, -0.05) is 12.1 Å². The van der Waals surface area contributed by atoms with E-state index in [1.165, 1.54) is 18.5 Å². The third-order valence-corrected chi connectivity index (χ3v) is 4.14. The number of non-ortho nitro benzene ring substituents is 1. The fraction of sp³-hybridized carbons (Fsp3) is 0.0556. The number of anilines is 1. The smallest absolute Gasteiger partial charge is 0.269 e. The third-order valence-electron chi connectivity index (χ3n) is 4.14. The molecular weight excluding hydrogens is 348 g/mol. The number of fused-ring (bicyclic) bond motifs is 1. The van der Waals surface area contributed by atoms with Gasteiger partial charge in [-0.2, -0.15) is 5.10 Å². The van der Waals surface area contributed by atoms with Crippen molar-refractivity contribution in [2.45, 2.75) is 0 Å². The molecule has 4 aromatic rings. The Morgan fingerprint density at radius 2 is 1.93 bits per heavy atom. The Bertz CT molecular complexity index is 1150. The fourth-order valence-electron chi connectivity index (χ4n) is 2.84. The lowest BCUT2D eigenvalue weighted by Crippen LogP contribution is -1.99. The highest BCUT2D eigenvalue weighted by molar-refractivity contribution is 5.99. The first-order chi connectivity index (χ1) is 13.1. The van der Waals surface area contributed by atoms with E-state index >= 15 is 0 Å². The Morgan fingerprint density at radius 3 is 2.63 bits per heavy atom. The zero-order chi connectivity index (χ0) is 19.0. The minimum atomic E-state index is -0.452. The van der Waals surface area contributed by atoms with Crippen LogP contribution < -0.4 is 10.5 Å². The van der Waals surface area contributed by atoms with Crippen molar-refractivity contribution >= 4 is 22.5 Å². The van der Waals surface area contributed by atoms with Crippen molar-refractivity contribution in [3.8, 4) is 22.7 Å². The molecule has 2 aromatic carbocycles. The van der Waals surface area contributed by atoms with Crippen molar-refractivity contribution < 1.29 is 9.66 Å². The molecule has 0 fully saturated rings. The molecule has 0 unspecified atom stereocenters. The average molecular weight is 362 g/mol. The normalized spacial score (nSPS) is 10.9. The minimum absolute atomic E-state index is 0.00243. The lowest BCUT2D eigenvalue weighted by Gasteiger charge is -2.03. The number of nitro groups is 1. The minimum Gasteiger partial charge on any atom is -0.497 e. The number of ether oxygens (including phenoxy) is 1. The van der Waals surface area contributed by atoms with E-state index in [2.05, 4.69) is 15.1 Å². The highest BCUT2D eigenvalue weighted by atomic mass is 16.6. The van der Waals surface area contributed by atoms with Crippen LogP contribution in [0.5, 0.6) is 5.75 Å². The molecule has 0 radical (unpaired) electrons. The van der Waals surface area contributed by atoms with E-state index in [4.69, 9.17) is 10.5 Å². The molecule has 2 N–H and O–H groups in total. The monoisotopic (exact) mass is 362 g/mol. The lowest BCUT2D eigenvalue weighted by molar-refractivity contribution is -0.384. The van der Waals surface area contributed by atoms with E-state index in [1.807, 2.05) is 24.3 Å². The molecular formula is C18H14N6O3. The van der Waals surface area contributed by atoms with E-state index in [-0.39, 0.29) is 5.69 Å². The molecule has 0 saturated heterocycles. The van der Waals surface area contributed by atoms with Gasteiger partial charge >= 0.3 is 0 Å². The van der Waals surface area contributed by atoms with Gasteiger partial charge in [0.25, 0.3) is 5.69 Å². The number of nitrogens with zero attached hydrogens (tertiary/aromatic N) is 5. The fourth-order valence-corrected chi connectivity index (χ4v) is 2.84. The predicted octanol–water partition coefficient (Wildman–Crippen LogP) is 2.98. The molecule has 0 spiro atoms. The van der Waals surface area contributed by atoms with Gasteiger partial charge < -0.3 is 10.5 Å². The van der Waals surface area contributed by atoms with Gasteiger partial charge in [0, 0.05) is 17.7 Å². The number of aromatic nitrogens is 4. The van der Waals surface area contributed by atoms with Crippen molar-refractivity contribution in [2.24, 2.45) is 0 Å². The maximum atomic E-state index is 10.9. The van der Waals surface area contributed by atoms with Gasteiger partial charge in [0.15, 0.2) is 5.65 Å². The van der Waals surface area contributed by atoms with Crippen LogP contribution in [-0.2, 0) is 0 Å². The van der Waals surface area contributed by atoms with E-state index in [1.54, 1.807) is 23.9 Å². The first kappa shape index (κ1) is 16.5.